The Morgan fingerprint density at radius 1 is 1.44 bits per heavy atom. The molecule has 6 nitrogen and oxygen atoms in total. The maximum atomic E-state index is 11.2. The number of esters is 1. The van der Waals surface area contributed by atoms with Crippen LogP contribution in [-0.2, 0) is 9.53 Å². The first-order chi connectivity index (χ1) is 7.47. The van der Waals surface area contributed by atoms with Crippen molar-refractivity contribution in [2.75, 3.05) is 7.11 Å². The van der Waals surface area contributed by atoms with Crippen molar-refractivity contribution >= 4 is 11.9 Å². The Kier molecular flexibility index (Phi) is 3.47. The number of rotatable bonds is 3. The van der Waals surface area contributed by atoms with Crippen LogP contribution in [0.2, 0.25) is 0 Å². The third kappa shape index (κ3) is 2.29. The molecule has 16 heavy (non-hydrogen) atoms. The van der Waals surface area contributed by atoms with E-state index in [9.17, 15) is 14.7 Å². The van der Waals surface area contributed by atoms with Gasteiger partial charge in [0.1, 0.15) is 11.8 Å². The molecule has 1 aromatic carbocycles. The lowest BCUT2D eigenvalue weighted by molar-refractivity contribution is -0.138. The number of hydrogen-bond acceptors (Lipinski definition) is 5. The molecule has 0 aliphatic heterocycles. The van der Waals surface area contributed by atoms with Crippen LogP contribution in [0.5, 0.6) is 5.75 Å². The van der Waals surface area contributed by atoms with Gasteiger partial charge in [-0.15, -0.1) is 0 Å². The highest BCUT2D eigenvalue weighted by molar-refractivity contribution is 5.90. The van der Waals surface area contributed by atoms with Crippen molar-refractivity contribution < 1.29 is 24.5 Å². The van der Waals surface area contributed by atoms with E-state index in [4.69, 9.17) is 10.8 Å². The molecule has 0 aliphatic rings. The Morgan fingerprint density at radius 3 is 2.56 bits per heavy atom. The topological polar surface area (TPSA) is 110 Å². The summed E-state index contributed by atoms with van der Waals surface area (Å²) in [4.78, 5) is 21.8. The first kappa shape index (κ1) is 12.0. The van der Waals surface area contributed by atoms with Crippen LogP contribution in [0, 0.1) is 0 Å². The van der Waals surface area contributed by atoms with E-state index in [1.807, 2.05) is 0 Å². The highest BCUT2D eigenvalue weighted by Crippen LogP contribution is 2.24. The number of phenols is 1. The van der Waals surface area contributed by atoms with Gasteiger partial charge in [-0.25, -0.2) is 4.79 Å². The zero-order chi connectivity index (χ0) is 12.3. The standard InChI is InChI=1S/C10H11NO5/c1-16-10(15)5-2-3-7(12)6(4-5)8(11)9(13)14/h2-4,8,12H,11H2,1H3,(H,13,14)/t8-/m0/s1. The summed E-state index contributed by atoms with van der Waals surface area (Å²) < 4.78 is 4.46. The second-order valence-electron chi connectivity index (χ2n) is 3.08. The SMILES string of the molecule is COC(=O)c1ccc(O)c([C@H](N)C(=O)O)c1. The summed E-state index contributed by atoms with van der Waals surface area (Å²) in [7, 11) is 1.20. The van der Waals surface area contributed by atoms with E-state index in [2.05, 4.69) is 4.74 Å². The van der Waals surface area contributed by atoms with Gasteiger partial charge in [0.2, 0.25) is 0 Å². The average Bonchev–Trinajstić information content (AvgIpc) is 2.27. The van der Waals surface area contributed by atoms with E-state index >= 15 is 0 Å². The fourth-order valence-electron chi connectivity index (χ4n) is 1.18. The second-order valence-corrected chi connectivity index (χ2v) is 3.08. The van der Waals surface area contributed by atoms with Gasteiger partial charge < -0.3 is 20.7 Å². The van der Waals surface area contributed by atoms with Crippen molar-refractivity contribution in [3.63, 3.8) is 0 Å². The molecule has 0 saturated heterocycles. The van der Waals surface area contributed by atoms with Crippen molar-refractivity contribution in [1.82, 2.24) is 0 Å². The van der Waals surface area contributed by atoms with Gasteiger partial charge in [-0.2, -0.15) is 0 Å². The molecule has 1 rings (SSSR count). The van der Waals surface area contributed by atoms with Crippen LogP contribution in [0.1, 0.15) is 22.0 Å². The smallest absolute Gasteiger partial charge is 0.337 e. The van der Waals surface area contributed by atoms with E-state index in [0.717, 1.165) is 0 Å². The monoisotopic (exact) mass is 225 g/mol. The van der Waals surface area contributed by atoms with Crippen molar-refractivity contribution in [3.05, 3.63) is 29.3 Å². The minimum atomic E-state index is -1.38. The number of carboxylic acids is 1. The molecule has 1 aromatic rings. The summed E-state index contributed by atoms with van der Waals surface area (Å²) in [5, 5.41) is 18.1. The number of phenolic OH excluding ortho intramolecular Hbond substituents is 1. The molecule has 0 bridgehead atoms. The van der Waals surface area contributed by atoms with Crippen LogP contribution in [0.25, 0.3) is 0 Å². The number of benzene rings is 1. The summed E-state index contributed by atoms with van der Waals surface area (Å²) in [5.74, 6) is -2.20. The van der Waals surface area contributed by atoms with Crippen LogP contribution in [-0.4, -0.2) is 29.3 Å². The zero-order valence-corrected chi connectivity index (χ0v) is 8.51. The molecule has 0 spiro atoms. The number of carbonyl (C=O) groups is 2. The summed E-state index contributed by atoms with van der Waals surface area (Å²) in [6.07, 6.45) is 0. The maximum Gasteiger partial charge on any atom is 0.337 e. The van der Waals surface area contributed by atoms with Crippen molar-refractivity contribution in [3.8, 4) is 5.75 Å². The van der Waals surface area contributed by atoms with Gasteiger partial charge in [0.05, 0.1) is 12.7 Å². The molecule has 0 amide bonds. The number of ether oxygens (including phenoxy) is 1. The van der Waals surface area contributed by atoms with Crippen molar-refractivity contribution in [1.29, 1.82) is 0 Å². The minimum absolute atomic E-state index is 0.0320. The predicted molar refractivity (Wildman–Crippen MR) is 54.0 cm³/mol. The number of carboxylic acid groups (broad SMARTS) is 1. The number of nitrogens with two attached hydrogens (primary N) is 1. The second kappa shape index (κ2) is 4.63. The number of methoxy groups -OCH3 is 1. The van der Waals surface area contributed by atoms with E-state index in [-0.39, 0.29) is 16.9 Å². The molecule has 0 aromatic heterocycles. The van der Waals surface area contributed by atoms with Crippen molar-refractivity contribution in [2.24, 2.45) is 5.73 Å². The number of carbonyl (C=O) groups excluding carboxylic acids is 1. The summed E-state index contributed by atoms with van der Waals surface area (Å²) in [6, 6.07) is 2.33. The number of hydrogen-bond donors (Lipinski definition) is 3. The lowest BCUT2D eigenvalue weighted by Gasteiger charge is -2.10. The van der Waals surface area contributed by atoms with Crippen LogP contribution in [0.4, 0.5) is 0 Å². The van der Waals surface area contributed by atoms with Gasteiger partial charge in [0.15, 0.2) is 0 Å². The quantitative estimate of drug-likeness (QED) is 0.636. The highest BCUT2D eigenvalue weighted by atomic mass is 16.5. The molecule has 0 heterocycles. The summed E-state index contributed by atoms with van der Waals surface area (Å²) in [6.45, 7) is 0. The Hall–Kier alpha value is -2.08. The van der Waals surface area contributed by atoms with Gasteiger partial charge in [-0.1, -0.05) is 0 Å². The number of aliphatic carboxylic acids is 1. The normalized spacial score (nSPS) is 11.9. The summed E-state index contributed by atoms with van der Waals surface area (Å²) >= 11 is 0. The Balaban J connectivity index is 3.18. The van der Waals surface area contributed by atoms with Crippen molar-refractivity contribution in [2.45, 2.75) is 6.04 Å². The van der Waals surface area contributed by atoms with Crippen LogP contribution >= 0.6 is 0 Å². The molecule has 6 heteroatoms. The van der Waals surface area contributed by atoms with Gasteiger partial charge in [-0.3, -0.25) is 4.79 Å². The van der Waals surface area contributed by atoms with Gasteiger partial charge in [-0.05, 0) is 18.2 Å². The largest absolute Gasteiger partial charge is 0.508 e. The third-order valence-corrected chi connectivity index (χ3v) is 2.05. The van der Waals surface area contributed by atoms with E-state index in [1.54, 1.807) is 0 Å². The lowest BCUT2D eigenvalue weighted by Crippen LogP contribution is -2.21. The highest BCUT2D eigenvalue weighted by Gasteiger charge is 2.20. The van der Waals surface area contributed by atoms with Crippen LogP contribution < -0.4 is 5.73 Å². The van der Waals surface area contributed by atoms with Gasteiger partial charge in [0, 0.05) is 5.56 Å². The van der Waals surface area contributed by atoms with E-state index in [0.29, 0.717) is 0 Å². The minimum Gasteiger partial charge on any atom is -0.508 e. The first-order valence-electron chi connectivity index (χ1n) is 4.37. The molecular weight excluding hydrogens is 214 g/mol. The van der Waals surface area contributed by atoms with Gasteiger partial charge in [0.25, 0.3) is 0 Å². The fourth-order valence-corrected chi connectivity index (χ4v) is 1.18. The molecule has 0 radical (unpaired) electrons. The van der Waals surface area contributed by atoms with E-state index in [1.165, 1.54) is 25.3 Å². The molecule has 4 N–H and O–H groups in total. The van der Waals surface area contributed by atoms with Gasteiger partial charge >= 0.3 is 11.9 Å². The summed E-state index contributed by atoms with van der Waals surface area (Å²) in [5.41, 5.74) is 5.44. The Labute approximate surface area is 91.3 Å². The molecule has 0 fully saturated rings. The molecule has 0 unspecified atom stereocenters. The Bertz CT molecular complexity index is 429. The van der Waals surface area contributed by atoms with E-state index < -0.39 is 18.0 Å². The molecule has 86 valence electrons. The van der Waals surface area contributed by atoms with Crippen LogP contribution in [0.3, 0.4) is 0 Å². The molecule has 1 atom stereocenters. The fraction of sp³-hybridized carbons (Fsp3) is 0.200. The molecule has 0 saturated carbocycles. The van der Waals surface area contributed by atoms with Crippen LogP contribution in [0.15, 0.2) is 18.2 Å². The first-order valence-corrected chi connectivity index (χ1v) is 4.37. The maximum absolute atomic E-state index is 11.2. The average molecular weight is 225 g/mol. The molecular formula is C10H11NO5. The number of aromatic hydroxyl groups is 1. The molecule has 0 aliphatic carbocycles. The third-order valence-electron chi connectivity index (χ3n) is 2.05. The predicted octanol–water partition coefficient (Wildman–Crippen LogP) is 0.263. The Morgan fingerprint density at radius 2 is 2.06 bits per heavy atom. The zero-order valence-electron chi connectivity index (χ0n) is 8.51. The lowest BCUT2D eigenvalue weighted by atomic mass is 10.0.